The predicted molar refractivity (Wildman–Crippen MR) is 74.4 cm³/mol. The van der Waals surface area contributed by atoms with Crippen molar-refractivity contribution in [2.75, 3.05) is 5.32 Å². The first kappa shape index (κ1) is 12.5. The van der Waals surface area contributed by atoms with E-state index < -0.39 is 0 Å². The smallest absolute Gasteiger partial charge is 0.269 e. The Labute approximate surface area is 116 Å². The van der Waals surface area contributed by atoms with E-state index >= 15 is 0 Å². The molecule has 1 saturated carbocycles. The van der Waals surface area contributed by atoms with Gasteiger partial charge in [0.05, 0.1) is 4.92 Å². The lowest BCUT2D eigenvalue weighted by atomic mass is 10.2. The second kappa shape index (κ2) is 5.24. The highest BCUT2D eigenvalue weighted by Gasteiger charge is 2.26. The number of hydrogen-bond donors (Lipinski definition) is 1. The summed E-state index contributed by atoms with van der Waals surface area (Å²) in [7, 11) is 0. The summed E-state index contributed by atoms with van der Waals surface area (Å²) in [5, 5.41) is 13.9. The number of nitrogens with zero attached hydrogens (tertiary/aromatic N) is 3. The number of nitro groups is 1. The van der Waals surface area contributed by atoms with E-state index in [4.69, 9.17) is 0 Å². The fourth-order valence-corrected chi connectivity index (χ4v) is 1.98. The van der Waals surface area contributed by atoms with Crippen molar-refractivity contribution >= 4 is 11.5 Å². The van der Waals surface area contributed by atoms with Crippen LogP contribution in [-0.2, 0) is 6.54 Å². The van der Waals surface area contributed by atoms with Gasteiger partial charge in [0.25, 0.3) is 5.69 Å². The zero-order chi connectivity index (χ0) is 13.9. The summed E-state index contributed by atoms with van der Waals surface area (Å²) < 4.78 is 0. The Balaban J connectivity index is 1.68. The van der Waals surface area contributed by atoms with Crippen LogP contribution in [0.2, 0.25) is 0 Å². The summed E-state index contributed by atoms with van der Waals surface area (Å²) >= 11 is 0. The second-order valence-corrected chi connectivity index (χ2v) is 4.85. The van der Waals surface area contributed by atoms with Gasteiger partial charge < -0.3 is 5.32 Å². The molecule has 1 aliphatic carbocycles. The van der Waals surface area contributed by atoms with Crippen molar-refractivity contribution in [2.45, 2.75) is 25.3 Å². The van der Waals surface area contributed by atoms with Gasteiger partial charge in [0.2, 0.25) is 0 Å². The molecule has 20 heavy (non-hydrogen) atoms. The van der Waals surface area contributed by atoms with Gasteiger partial charge in [-0.15, -0.1) is 0 Å². The highest BCUT2D eigenvalue weighted by molar-refractivity contribution is 5.39. The van der Waals surface area contributed by atoms with Crippen molar-refractivity contribution in [3.8, 4) is 0 Å². The summed E-state index contributed by atoms with van der Waals surface area (Å²) in [4.78, 5) is 19.0. The van der Waals surface area contributed by atoms with E-state index in [2.05, 4.69) is 15.3 Å². The van der Waals surface area contributed by atoms with Crippen LogP contribution in [0.5, 0.6) is 0 Å². The van der Waals surface area contributed by atoms with Gasteiger partial charge in [0.1, 0.15) is 11.6 Å². The molecule has 0 radical (unpaired) electrons. The van der Waals surface area contributed by atoms with E-state index in [9.17, 15) is 10.1 Å². The molecule has 3 rings (SSSR count). The van der Waals surface area contributed by atoms with Gasteiger partial charge in [-0.2, -0.15) is 0 Å². The molecule has 0 bridgehead atoms. The maximum Gasteiger partial charge on any atom is 0.269 e. The van der Waals surface area contributed by atoms with E-state index in [0.29, 0.717) is 12.5 Å². The largest absolute Gasteiger partial charge is 0.366 e. The van der Waals surface area contributed by atoms with E-state index in [0.717, 1.165) is 30.0 Å². The number of benzene rings is 1. The lowest BCUT2D eigenvalue weighted by Gasteiger charge is -2.06. The number of non-ortho nitro benzene ring substituents is 1. The molecule has 102 valence electrons. The molecule has 0 unspecified atom stereocenters. The Morgan fingerprint density at radius 2 is 2.20 bits per heavy atom. The first-order valence-corrected chi connectivity index (χ1v) is 6.52. The molecule has 1 aromatic heterocycles. The van der Waals surface area contributed by atoms with Gasteiger partial charge in [0, 0.05) is 30.8 Å². The van der Waals surface area contributed by atoms with Crippen LogP contribution in [0.15, 0.2) is 36.5 Å². The van der Waals surface area contributed by atoms with Gasteiger partial charge in [-0.1, -0.05) is 12.1 Å². The molecule has 0 atom stereocenters. The third kappa shape index (κ3) is 2.90. The molecule has 1 fully saturated rings. The van der Waals surface area contributed by atoms with Gasteiger partial charge >= 0.3 is 0 Å². The van der Waals surface area contributed by atoms with Gasteiger partial charge in [-0.05, 0) is 24.5 Å². The van der Waals surface area contributed by atoms with Crippen LogP contribution in [0.3, 0.4) is 0 Å². The average Bonchev–Trinajstić information content (AvgIpc) is 3.30. The topological polar surface area (TPSA) is 81.0 Å². The van der Waals surface area contributed by atoms with Crippen LogP contribution in [0, 0.1) is 10.1 Å². The number of nitrogens with one attached hydrogen (secondary N) is 1. The number of rotatable bonds is 5. The molecule has 0 aliphatic heterocycles. The Morgan fingerprint density at radius 3 is 2.95 bits per heavy atom. The number of nitro benzene ring substituents is 1. The van der Waals surface area contributed by atoms with Crippen molar-refractivity contribution in [3.05, 3.63) is 58.0 Å². The minimum atomic E-state index is -0.389. The minimum Gasteiger partial charge on any atom is -0.366 e. The normalized spacial score (nSPS) is 14.0. The SMILES string of the molecule is O=[N+]([O-])c1cccc(CNc2ccnc(C3CC3)n2)c1. The Hall–Kier alpha value is -2.50. The molecule has 1 aromatic carbocycles. The fraction of sp³-hybridized carbons (Fsp3) is 0.286. The fourth-order valence-electron chi connectivity index (χ4n) is 1.98. The number of hydrogen-bond acceptors (Lipinski definition) is 5. The maximum atomic E-state index is 10.7. The van der Waals surface area contributed by atoms with E-state index in [1.807, 2.05) is 12.1 Å². The van der Waals surface area contributed by atoms with Crippen LogP contribution < -0.4 is 5.32 Å². The zero-order valence-electron chi connectivity index (χ0n) is 10.8. The predicted octanol–water partition coefficient (Wildman–Crippen LogP) is 2.87. The molecule has 2 aromatic rings. The maximum absolute atomic E-state index is 10.7. The molecule has 6 nitrogen and oxygen atoms in total. The van der Waals surface area contributed by atoms with Crippen LogP contribution in [-0.4, -0.2) is 14.9 Å². The van der Waals surface area contributed by atoms with Crippen molar-refractivity contribution in [1.29, 1.82) is 0 Å². The molecule has 1 aliphatic rings. The van der Waals surface area contributed by atoms with Crippen LogP contribution in [0.25, 0.3) is 0 Å². The monoisotopic (exact) mass is 270 g/mol. The molecule has 0 spiro atoms. The third-order valence-electron chi connectivity index (χ3n) is 3.21. The lowest BCUT2D eigenvalue weighted by molar-refractivity contribution is -0.384. The zero-order valence-corrected chi connectivity index (χ0v) is 10.8. The van der Waals surface area contributed by atoms with E-state index in [-0.39, 0.29) is 10.6 Å². The Morgan fingerprint density at radius 1 is 1.35 bits per heavy atom. The Bertz CT molecular complexity index is 641. The molecular weight excluding hydrogens is 256 g/mol. The minimum absolute atomic E-state index is 0.102. The summed E-state index contributed by atoms with van der Waals surface area (Å²) in [5.74, 6) is 2.15. The summed E-state index contributed by atoms with van der Waals surface area (Å²) in [6, 6.07) is 8.40. The molecular formula is C14H14N4O2. The Kier molecular flexibility index (Phi) is 3.28. The van der Waals surface area contributed by atoms with Crippen LogP contribution in [0.1, 0.15) is 30.1 Å². The highest BCUT2D eigenvalue weighted by atomic mass is 16.6. The van der Waals surface area contributed by atoms with Crippen LogP contribution in [0.4, 0.5) is 11.5 Å². The summed E-state index contributed by atoms with van der Waals surface area (Å²) in [5.41, 5.74) is 0.955. The molecule has 0 saturated heterocycles. The number of anilines is 1. The average molecular weight is 270 g/mol. The van der Waals surface area contributed by atoms with Crippen molar-refractivity contribution < 1.29 is 4.92 Å². The molecule has 1 N–H and O–H groups in total. The standard InChI is InChI=1S/C14H14N4O2/c19-18(20)12-3-1-2-10(8-12)9-16-13-6-7-15-14(17-13)11-4-5-11/h1-3,6-8,11H,4-5,9H2,(H,15,16,17). The lowest BCUT2D eigenvalue weighted by Crippen LogP contribution is -2.04. The first-order chi connectivity index (χ1) is 9.72. The van der Waals surface area contributed by atoms with Crippen molar-refractivity contribution in [3.63, 3.8) is 0 Å². The molecule has 0 amide bonds. The first-order valence-electron chi connectivity index (χ1n) is 6.52. The highest BCUT2D eigenvalue weighted by Crippen LogP contribution is 2.38. The van der Waals surface area contributed by atoms with Gasteiger partial charge in [-0.25, -0.2) is 9.97 Å². The van der Waals surface area contributed by atoms with Crippen molar-refractivity contribution in [1.82, 2.24) is 9.97 Å². The summed E-state index contributed by atoms with van der Waals surface area (Å²) in [6.07, 6.45) is 4.07. The number of aromatic nitrogens is 2. The molecule has 1 heterocycles. The summed E-state index contributed by atoms with van der Waals surface area (Å²) in [6.45, 7) is 0.503. The van der Waals surface area contributed by atoms with Gasteiger partial charge in [0.15, 0.2) is 0 Å². The second-order valence-electron chi connectivity index (χ2n) is 4.85. The van der Waals surface area contributed by atoms with E-state index in [1.54, 1.807) is 18.3 Å². The third-order valence-corrected chi connectivity index (χ3v) is 3.21. The van der Waals surface area contributed by atoms with Gasteiger partial charge in [-0.3, -0.25) is 10.1 Å². The quantitative estimate of drug-likeness (QED) is 0.667. The van der Waals surface area contributed by atoms with Crippen molar-refractivity contribution in [2.24, 2.45) is 0 Å². The van der Waals surface area contributed by atoms with Crippen LogP contribution >= 0.6 is 0 Å². The molecule has 6 heteroatoms. The van der Waals surface area contributed by atoms with E-state index in [1.165, 1.54) is 6.07 Å².